The molecule has 0 aromatic carbocycles. The van der Waals surface area contributed by atoms with Gasteiger partial charge in [-0.1, -0.05) is 0 Å². The molecular weight excluding hydrogens is 322 g/mol. The molecule has 0 bridgehead atoms. The van der Waals surface area contributed by atoms with Crippen LogP contribution in [0.15, 0.2) is 12.3 Å². The first-order valence-corrected chi connectivity index (χ1v) is 6.65. The Kier molecular flexibility index (Phi) is 3.49. The van der Waals surface area contributed by atoms with Crippen LogP contribution < -0.4 is 10.2 Å². The number of aromatic nitrogens is 3. The molecule has 1 amide bonds. The van der Waals surface area contributed by atoms with Crippen molar-refractivity contribution in [2.45, 2.75) is 25.1 Å². The molecule has 1 aliphatic rings. The summed E-state index contributed by atoms with van der Waals surface area (Å²) in [5.41, 5.74) is -0.310. The third-order valence-electron chi connectivity index (χ3n) is 3.54. The van der Waals surface area contributed by atoms with E-state index < -0.39 is 24.1 Å². The Balaban J connectivity index is 1.98. The van der Waals surface area contributed by atoms with E-state index in [9.17, 15) is 22.4 Å². The van der Waals surface area contributed by atoms with E-state index in [0.29, 0.717) is 6.42 Å². The van der Waals surface area contributed by atoms with Crippen molar-refractivity contribution in [3.63, 3.8) is 0 Å². The van der Waals surface area contributed by atoms with Crippen LogP contribution in [0.1, 0.15) is 12.8 Å². The minimum atomic E-state index is -4.41. The van der Waals surface area contributed by atoms with Gasteiger partial charge in [0.1, 0.15) is 6.04 Å². The van der Waals surface area contributed by atoms with Gasteiger partial charge in [0, 0.05) is 12.6 Å². The van der Waals surface area contributed by atoms with E-state index in [-0.39, 0.29) is 30.2 Å². The molecule has 3 heterocycles. The van der Waals surface area contributed by atoms with E-state index >= 15 is 0 Å². The Bertz CT molecular complexity index is 760. The summed E-state index contributed by atoms with van der Waals surface area (Å²) in [6.07, 6.45) is -4.73. The molecule has 1 unspecified atom stereocenters. The molecule has 11 heteroatoms. The van der Waals surface area contributed by atoms with E-state index in [4.69, 9.17) is 5.11 Å². The Labute approximate surface area is 126 Å². The monoisotopic (exact) mass is 333 g/mol. The van der Waals surface area contributed by atoms with Gasteiger partial charge in [-0.25, -0.2) is 13.7 Å². The molecule has 2 N–H and O–H groups in total. The molecule has 1 atom stereocenters. The Morgan fingerprint density at radius 1 is 1.43 bits per heavy atom. The fourth-order valence-electron chi connectivity index (χ4n) is 2.57. The SMILES string of the molecule is O=C(O)Nc1cc2nc(N3CCCC3C(F)(F)F)nn2cc1F. The molecule has 1 aliphatic heterocycles. The van der Waals surface area contributed by atoms with Crippen LogP contribution in [-0.4, -0.2) is 44.6 Å². The smallest absolute Gasteiger partial charge is 0.409 e. The average molecular weight is 333 g/mol. The highest BCUT2D eigenvalue weighted by Gasteiger charge is 2.47. The molecule has 0 spiro atoms. The van der Waals surface area contributed by atoms with Crippen LogP contribution in [0.25, 0.3) is 5.65 Å². The predicted octanol–water partition coefficient (Wildman–Crippen LogP) is 2.49. The molecule has 2 aromatic heterocycles. The van der Waals surface area contributed by atoms with Crippen LogP contribution in [0, 0.1) is 5.82 Å². The number of alkyl halides is 3. The number of nitrogens with one attached hydrogen (secondary N) is 1. The van der Waals surface area contributed by atoms with E-state index in [2.05, 4.69) is 10.1 Å². The number of amides is 1. The van der Waals surface area contributed by atoms with Gasteiger partial charge in [0.25, 0.3) is 0 Å². The molecule has 124 valence electrons. The molecule has 1 fully saturated rings. The standard InChI is InChI=1S/C12H11F4N5O2/c13-6-5-21-9(4-7(6)17-11(22)23)18-10(19-21)20-3-1-2-8(20)12(14,15)16/h4-5,8,17H,1-3H2,(H,22,23). The summed E-state index contributed by atoms with van der Waals surface area (Å²) in [5, 5.41) is 14.3. The molecule has 1 saturated heterocycles. The number of halogens is 4. The summed E-state index contributed by atoms with van der Waals surface area (Å²) in [6, 6.07) is -0.611. The zero-order valence-corrected chi connectivity index (χ0v) is 11.5. The second-order valence-electron chi connectivity index (χ2n) is 5.07. The second kappa shape index (κ2) is 5.25. The van der Waals surface area contributed by atoms with Crippen LogP contribution >= 0.6 is 0 Å². The summed E-state index contributed by atoms with van der Waals surface area (Å²) in [5.74, 6) is -1.08. The van der Waals surface area contributed by atoms with Gasteiger partial charge in [-0.15, -0.1) is 5.10 Å². The third kappa shape index (κ3) is 2.85. The van der Waals surface area contributed by atoms with Crippen LogP contribution in [-0.2, 0) is 0 Å². The summed E-state index contributed by atoms with van der Waals surface area (Å²) >= 11 is 0. The first-order chi connectivity index (χ1) is 10.8. The summed E-state index contributed by atoms with van der Waals surface area (Å²) in [6.45, 7) is 0.143. The maximum atomic E-state index is 13.7. The predicted molar refractivity (Wildman–Crippen MR) is 71.0 cm³/mol. The van der Waals surface area contributed by atoms with E-state index in [0.717, 1.165) is 21.7 Å². The van der Waals surface area contributed by atoms with Gasteiger partial charge >= 0.3 is 12.3 Å². The normalized spacial score (nSPS) is 18.6. The van der Waals surface area contributed by atoms with Crippen molar-refractivity contribution in [1.82, 2.24) is 14.6 Å². The molecule has 0 aliphatic carbocycles. The van der Waals surface area contributed by atoms with E-state index in [1.807, 2.05) is 5.32 Å². The van der Waals surface area contributed by atoms with Gasteiger partial charge in [0.15, 0.2) is 11.5 Å². The van der Waals surface area contributed by atoms with Gasteiger partial charge in [-0.3, -0.25) is 5.32 Å². The topological polar surface area (TPSA) is 82.8 Å². The number of carboxylic acid groups (broad SMARTS) is 1. The Morgan fingerprint density at radius 2 is 2.17 bits per heavy atom. The molecule has 0 radical (unpaired) electrons. The van der Waals surface area contributed by atoms with Crippen molar-refractivity contribution in [2.75, 3.05) is 16.8 Å². The lowest BCUT2D eigenvalue weighted by Crippen LogP contribution is -2.41. The van der Waals surface area contributed by atoms with Crippen molar-refractivity contribution < 1.29 is 27.5 Å². The maximum absolute atomic E-state index is 13.7. The lowest BCUT2D eigenvalue weighted by molar-refractivity contribution is -0.146. The van der Waals surface area contributed by atoms with Crippen molar-refractivity contribution in [3.8, 4) is 0 Å². The molecule has 7 nitrogen and oxygen atoms in total. The highest BCUT2D eigenvalue weighted by atomic mass is 19.4. The molecule has 3 rings (SSSR count). The van der Waals surface area contributed by atoms with Gasteiger partial charge in [0.05, 0.1) is 11.9 Å². The van der Waals surface area contributed by atoms with Crippen LogP contribution in [0.2, 0.25) is 0 Å². The first kappa shape index (κ1) is 15.3. The zero-order chi connectivity index (χ0) is 16.8. The molecule has 2 aromatic rings. The van der Waals surface area contributed by atoms with Gasteiger partial charge in [0.2, 0.25) is 5.95 Å². The average Bonchev–Trinajstić information content (AvgIpc) is 3.03. The Morgan fingerprint density at radius 3 is 2.83 bits per heavy atom. The third-order valence-corrected chi connectivity index (χ3v) is 3.54. The molecule has 23 heavy (non-hydrogen) atoms. The fraction of sp³-hybridized carbons (Fsp3) is 0.417. The Hall–Kier alpha value is -2.59. The van der Waals surface area contributed by atoms with Crippen LogP contribution in [0.4, 0.5) is 34.0 Å². The number of carbonyl (C=O) groups is 1. The number of pyridine rings is 1. The van der Waals surface area contributed by atoms with Gasteiger partial charge in [-0.05, 0) is 12.8 Å². The summed E-state index contributed by atoms with van der Waals surface area (Å²) < 4.78 is 53.7. The maximum Gasteiger partial charge on any atom is 0.409 e. The number of hydrogen-bond donors (Lipinski definition) is 2. The molecule has 0 saturated carbocycles. The first-order valence-electron chi connectivity index (χ1n) is 6.65. The van der Waals surface area contributed by atoms with Crippen molar-refractivity contribution in [1.29, 1.82) is 0 Å². The quantitative estimate of drug-likeness (QED) is 0.825. The minimum Gasteiger partial charge on any atom is -0.465 e. The van der Waals surface area contributed by atoms with Crippen LogP contribution in [0.5, 0.6) is 0 Å². The summed E-state index contributed by atoms with van der Waals surface area (Å²) in [4.78, 5) is 15.5. The molecular formula is C12H11F4N5O2. The lowest BCUT2D eigenvalue weighted by atomic mass is 10.2. The second-order valence-corrected chi connectivity index (χ2v) is 5.07. The number of rotatable bonds is 2. The van der Waals surface area contributed by atoms with Gasteiger partial charge < -0.3 is 10.0 Å². The number of fused-ring (bicyclic) bond motifs is 1. The fourth-order valence-corrected chi connectivity index (χ4v) is 2.57. The van der Waals surface area contributed by atoms with E-state index in [1.54, 1.807) is 0 Å². The highest BCUT2D eigenvalue weighted by Crippen LogP contribution is 2.34. The van der Waals surface area contributed by atoms with E-state index in [1.165, 1.54) is 0 Å². The van der Waals surface area contributed by atoms with Gasteiger partial charge in [-0.2, -0.15) is 18.2 Å². The van der Waals surface area contributed by atoms with Crippen molar-refractivity contribution in [3.05, 3.63) is 18.1 Å². The lowest BCUT2D eigenvalue weighted by Gasteiger charge is -2.24. The highest BCUT2D eigenvalue weighted by molar-refractivity contribution is 5.83. The minimum absolute atomic E-state index is 0.0398. The number of nitrogens with zero attached hydrogens (tertiary/aromatic N) is 4. The van der Waals surface area contributed by atoms with Crippen molar-refractivity contribution >= 4 is 23.4 Å². The largest absolute Gasteiger partial charge is 0.465 e. The number of hydrogen-bond acceptors (Lipinski definition) is 4. The zero-order valence-electron chi connectivity index (χ0n) is 11.5. The van der Waals surface area contributed by atoms with Crippen LogP contribution in [0.3, 0.4) is 0 Å². The number of anilines is 2. The van der Waals surface area contributed by atoms with Crippen molar-refractivity contribution in [2.24, 2.45) is 0 Å². The summed E-state index contributed by atoms with van der Waals surface area (Å²) in [7, 11) is 0.